The Morgan fingerprint density at radius 3 is 2.17 bits per heavy atom. The minimum atomic E-state index is -4.31. The molecule has 0 bridgehead atoms. The first-order valence-corrected chi connectivity index (χ1v) is 15.9. The number of nitrogens with zero attached hydrogens (tertiary/aromatic N) is 3. The van der Waals surface area contributed by atoms with E-state index in [1.54, 1.807) is 87.6 Å². The highest BCUT2D eigenvalue weighted by molar-refractivity contribution is 7.90. The van der Waals surface area contributed by atoms with Crippen LogP contribution in [0, 0.1) is 20.8 Å². The molecule has 11 heteroatoms. The Morgan fingerprint density at radius 1 is 0.826 bits per heavy atom. The van der Waals surface area contributed by atoms with Crippen LogP contribution in [0.1, 0.15) is 59.8 Å². The summed E-state index contributed by atoms with van der Waals surface area (Å²) in [6.07, 6.45) is 1.53. The molecule has 1 N–H and O–H groups in total. The van der Waals surface area contributed by atoms with Crippen LogP contribution >= 0.6 is 0 Å². The van der Waals surface area contributed by atoms with Crippen molar-refractivity contribution in [1.29, 1.82) is 0 Å². The van der Waals surface area contributed by atoms with Crippen LogP contribution in [-0.2, 0) is 10.0 Å². The zero-order chi connectivity index (χ0) is 33.0. The topological polar surface area (TPSA) is 137 Å². The van der Waals surface area contributed by atoms with Crippen LogP contribution in [0.4, 0.5) is 0 Å². The molecule has 0 aliphatic carbocycles. The quantitative estimate of drug-likeness (QED) is 0.162. The maximum absolute atomic E-state index is 13.5. The summed E-state index contributed by atoms with van der Waals surface area (Å²) in [4.78, 5) is 39.6. The lowest BCUT2D eigenvalue weighted by Gasteiger charge is -2.16. The van der Waals surface area contributed by atoms with Crippen molar-refractivity contribution in [3.05, 3.63) is 125 Å². The molecule has 46 heavy (non-hydrogen) atoms. The molecule has 3 aromatic heterocycles. The van der Waals surface area contributed by atoms with Gasteiger partial charge in [-0.25, -0.2) is 19.7 Å². The zero-order valence-corrected chi connectivity index (χ0v) is 26.8. The molecule has 0 radical (unpaired) electrons. The fourth-order valence-electron chi connectivity index (χ4n) is 4.69. The third kappa shape index (κ3) is 7.27. The highest BCUT2D eigenvalue weighted by Gasteiger charge is 2.25. The smallest absolute Gasteiger partial charge is 0.281 e. The summed E-state index contributed by atoms with van der Waals surface area (Å²) in [5.74, 6) is -0.436. The Balaban J connectivity index is 0.00000312. The first kappa shape index (κ1) is 32.0. The molecular weight excluding hydrogens is 604 g/mol. The van der Waals surface area contributed by atoms with Crippen molar-refractivity contribution in [2.75, 3.05) is 0 Å². The molecule has 0 spiro atoms. The highest BCUT2D eigenvalue weighted by atomic mass is 32.2. The number of ether oxygens (including phenoxy) is 2. The summed E-state index contributed by atoms with van der Waals surface area (Å²) < 4.78 is 40.1. The van der Waals surface area contributed by atoms with Gasteiger partial charge in [0.05, 0.1) is 11.8 Å². The van der Waals surface area contributed by atoms with E-state index in [0.717, 1.165) is 0 Å². The number of hydrogen-bond acceptors (Lipinski definition) is 9. The molecule has 5 aromatic rings. The van der Waals surface area contributed by atoms with E-state index in [4.69, 9.17) is 9.47 Å². The van der Waals surface area contributed by atoms with Crippen molar-refractivity contribution in [2.24, 2.45) is 0 Å². The van der Waals surface area contributed by atoms with Gasteiger partial charge in [-0.15, -0.1) is 0 Å². The normalized spacial score (nSPS) is 11.3. The number of hydrogen-bond donors (Lipinski definition) is 1. The number of sulfonamides is 1. The number of carbonyl (C=O) groups is 2. The molecule has 3 heterocycles. The van der Waals surface area contributed by atoms with Crippen LogP contribution in [0.5, 0.6) is 17.5 Å². The number of benzene rings is 2. The molecule has 0 saturated heterocycles. The number of ketones is 1. The van der Waals surface area contributed by atoms with Crippen molar-refractivity contribution >= 4 is 21.7 Å². The SMILES string of the molecule is Cc1cccc(S(=O)(=O)NC(=O)c2ccc(-c3ccc(OC(C)C)nc3)nc2Oc2c(C)cc(C(=O)c3ccccc3)cc2C)n1.[HH].[HH]. The summed E-state index contributed by atoms with van der Waals surface area (Å²) >= 11 is 0. The van der Waals surface area contributed by atoms with E-state index < -0.39 is 15.9 Å². The van der Waals surface area contributed by atoms with Crippen molar-refractivity contribution in [1.82, 2.24) is 19.7 Å². The summed E-state index contributed by atoms with van der Waals surface area (Å²) in [5.41, 5.74) is 3.63. The second-order valence-electron chi connectivity index (χ2n) is 10.9. The van der Waals surface area contributed by atoms with Gasteiger partial charge < -0.3 is 9.47 Å². The van der Waals surface area contributed by atoms with Gasteiger partial charge >= 0.3 is 0 Å². The molecule has 238 valence electrons. The van der Waals surface area contributed by atoms with Gasteiger partial charge in [0, 0.05) is 37.5 Å². The molecule has 5 rings (SSSR count). The fourth-order valence-corrected chi connectivity index (χ4v) is 5.67. The summed E-state index contributed by atoms with van der Waals surface area (Å²) in [5, 5.41) is -0.298. The molecule has 0 aliphatic rings. The number of rotatable bonds is 10. The summed E-state index contributed by atoms with van der Waals surface area (Å²) in [6, 6.07) is 23.3. The fraction of sp³-hybridized carbons (Fsp3) is 0.171. The maximum atomic E-state index is 13.5. The summed E-state index contributed by atoms with van der Waals surface area (Å²) in [6.45, 7) is 8.99. The highest BCUT2D eigenvalue weighted by Crippen LogP contribution is 2.33. The third-order valence-corrected chi connectivity index (χ3v) is 8.05. The molecule has 0 unspecified atom stereocenters. The molecule has 0 saturated carbocycles. The lowest BCUT2D eigenvalue weighted by atomic mass is 9.98. The standard InChI is InChI=1S/C35H32N4O6S.2H2/c1-21(2)44-30-17-14-26(20-36-30)29-16-15-28(34(41)39-46(42,43)31-13-9-10-24(5)37-31)35(38-29)45-33-22(3)18-27(19-23(33)4)32(40)25-11-7-6-8-12-25;;/h6-21H,1-5H3,(H,39,41);2*1H. The number of amides is 1. The van der Waals surface area contributed by atoms with Gasteiger partial charge in [-0.2, -0.15) is 8.42 Å². The Bertz CT molecular complexity index is 2020. The number of carbonyl (C=O) groups excluding carboxylic acids is 2. The third-order valence-electron chi connectivity index (χ3n) is 6.82. The lowest BCUT2D eigenvalue weighted by Crippen LogP contribution is -2.31. The first-order valence-electron chi connectivity index (χ1n) is 14.4. The zero-order valence-electron chi connectivity index (χ0n) is 25.9. The number of pyridine rings is 3. The largest absolute Gasteiger partial charge is 0.475 e. The second-order valence-corrected chi connectivity index (χ2v) is 12.5. The van der Waals surface area contributed by atoms with Crippen LogP contribution in [0.3, 0.4) is 0 Å². The van der Waals surface area contributed by atoms with E-state index in [1.807, 2.05) is 19.9 Å². The van der Waals surface area contributed by atoms with E-state index in [0.29, 0.717) is 50.8 Å². The van der Waals surface area contributed by atoms with Crippen LogP contribution in [0.25, 0.3) is 11.3 Å². The Labute approximate surface area is 270 Å². The minimum Gasteiger partial charge on any atom is -0.475 e. The van der Waals surface area contributed by atoms with Gasteiger partial charge in [-0.1, -0.05) is 36.4 Å². The van der Waals surface area contributed by atoms with Crippen molar-refractivity contribution in [2.45, 2.75) is 45.7 Å². The van der Waals surface area contributed by atoms with E-state index in [2.05, 4.69) is 19.7 Å². The van der Waals surface area contributed by atoms with E-state index in [9.17, 15) is 18.0 Å². The van der Waals surface area contributed by atoms with Crippen molar-refractivity contribution < 1.29 is 30.3 Å². The van der Waals surface area contributed by atoms with Crippen molar-refractivity contribution in [3.63, 3.8) is 0 Å². The van der Waals surface area contributed by atoms with Crippen molar-refractivity contribution in [3.8, 4) is 28.8 Å². The average molecular weight is 641 g/mol. The number of aryl methyl sites for hydroxylation is 3. The Kier molecular flexibility index (Phi) is 9.24. The van der Waals surface area contributed by atoms with E-state index in [-0.39, 0.29) is 31.2 Å². The Morgan fingerprint density at radius 2 is 1.54 bits per heavy atom. The van der Waals surface area contributed by atoms with Gasteiger partial charge in [-0.05, 0) is 88.2 Å². The molecule has 10 nitrogen and oxygen atoms in total. The van der Waals surface area contributed by atoms with E-state index in [1.165, 1.54) is 18.2 Å². The van der Waals surface area contributed by atoms with Crippen LogP contribution in [-0.4, -0.2) is 41.2 Å². The lowest BCUT2D eigenvalue weighted by molar-refractivity contribution is 0.0977. The molecule has 0 aliphatic heterocycles. The maximum Gasteiger partial charge on any atom is 0.281 e. The van der Waals surface area contributed by atoms with Gasteiger partial charge in [0.1, 0.15) is 11.3 Å². The Hall–Kier alpha value is -5.42. The van der Waals surface area contributed by atoms with Crippen LogP contribution in [0.2, 0.25) is 0 Å². The second kappa shape index (κ2) is 13.3. The number of nitrogens with one attached hydrogen (secondary N) is 1. The molecular formula is C35H36N4O6S. The van der Waals surface area contributed by atoms with Gasteiger partial charge in [0.15, 0.2) is 10.8 Å². The molecule has 1 amide bonds. The molecule has 2 aromatic carbocycles. The first-order chi connectivity index (χ1) is 21.9. The summed E-state index contributed by atoms with van der Waals surface area (Å²) in [7, 11) is -4.31. The van der Waals surface area contributed by atoms with Gasteiger partial charge in [0.2, 0.25) is 11.8 Å². The monoisotopic (exact) mass is 640 g/mol. The predicted molar refractivity (Wildman–Crippen MR) is 177 cm³/mol. The minimum absolute atomic E-state index is 0. The molecule has 0 atom stereocenters. The average Bonchev–Trinajstić information content (AvgIpc) is 3.02. The molecule has 0 fully saturated rings. The van der Waals surface area contributed by atoms with Crippen LogP contribution in [0.15, 0.2) is 96.2 Å². The van der Waals surface area contributed by atoms with Crippen LogP contribution < -0.4 is 14.2 Å². The van der Waals surface area contributed by atoms with Gasteiger partial charge in [-0.3, -0.25) is 9.59 Å². The predicted octanol–water partition coefficient (Wildman–Crippen LogP) is 6.89. The van der Waals surface area contributed by atoms with Gasteiger partial charge in [0.25, 0.3) is 15.9 Å². The van der Waals surface area contributed by atoms with E-state index >= 15 is 0 Å². The number of aromatic nitrogens is 3.